The van der Waals surface area contributed by atoms with Crippen molar-refractivity contribution < 1.29 is 28.3 Å². The summed E-state index contributed by atoms with van der Waals surface area (Å²) < 4.78 is 19.9. The fourth-order valence-electron chi connectivity index (χ4n) is 3.97. The molecule has 0 aromatic heterocycles. The predicted octanol–water partition coefficient (Wildman–Crippen LogP) is 2.80. The monoisotopic (exact) mass is 510 g/mol. The molecule has 9 heteroatoms. The Morgan fingerprint density at radius 3 is 2.33 bits per heavy atom. The van der Waals surface area contributed by atoms with E-state index in [1.807, 2.05) is 19.6 Å². The lowest BCUT2D eigenvalue weighted by Crippen LogP contribution is -2.43. The first-order valence-corrected chi connectivity index (χ1v) is 15.2. The van der Waals surface area contributed by atoms with Gasteiger partial charge in [0.15, 0.2) is 11.6 Å². The molecule has 1 aliphatic rings. The average Bonchev–Trinajstić information content (AvgIpc) is 2.79. The zero-order valence-corrected chi connectivity index (χ0v) is 22.0. The third-order valence-electron chi connectivity index (χ3n) is 5.87. The number of rotatable bonds is 10. The number of halogens is 1. The van der Waals surface area contributed by atoms with Crippen molar-refractivity contribution in [2.75, 3.05) is 13.7 Å². The minimum absolute atomic E-state index is 0.0787. The maximum absolute atomic E-state index is 14.7. The number of ether oxygens (including phenoxy) is 1. The predicted molar refractivity (Wildman–Crippen MR) is 137 cm³/mol. The van der Waals surface area contributed by atoms with Crippen LogP contribution in [-0.4, -0.2) is 50.0 Å². The first-order chi connectivity index (χ1) is 17.0. The van der Waals surface area contributed by atoms with Crippen molar-refractivity contribution >= 4 is 36.6 Å². The molecule has 0 spiro atoms. The maximum Gasteiger partial charge on any atom is 0.240 e. The highest BCUT2D eigenvalue weighted by Gasteiger charge is 2.27. The van der Waals surface area contributed by atoms with Crippen LogP contribution in [0.5, 0.6) is 0 Å². The summed E-state index contributed by atoms with van der Waals surface area (Å²) in [6, 6.07) is 11.0. The Balaban J connectivity index is 1.81. The van der Waals surface area contributed by atoms with Crippen LogP contribution in [0.3, 0.4) is 0 Å². The fourth-order valence-corrected chi connectivity index (χ4v) is 5.34. The molecule has 0 fully saturated rings. The number of carbonyl (C=O) groups excluding carboxylic acids is 4. The number of allylic oxidation sites excluding steroid dienone is 1. The summed E-state index contributed by atoms with van der Waals surface area (Å²) in [6.07, 6.45) is 2.13. The zero-order chi connectivity index (χ0) is 26.5. The first-order valence-electron chi connectivity index (χ1n) is 11.7. The molecule has 1 N–H and O–H groups in total. The van der Waals surface area contributed by atoms with Crippen LogP contribution in [0, 0.1) is 5.82 Å². The van der Waals surface area contributed by atoms with Gasteiger partial charge in [-0.2, -0.15) is 0 Å². The number of nitrogens with zero attached hydrogens (tertiary/aromatic N) is 1. The molecule has 1 aliphatic heterocycles. The molecule has 0 unspecified atom stereocenters. The van der Waals surface area contributed by atoms with Crippen molar-refractivity contribution in [3.05, 3.63) is 77.2 Å². The maximum atomic E-state index is 14.7. The topological polar surface area (TPSA) is 92.8 Å². The second kappa shape index (κ2) is 11.5. The van der Waals surface area contributed by atoms with Gasteiger partial charge >= 0.3 is 0 Å². The van der Waals surface area contributed by atoms with E-state index >= 15 is 0 Å². The van der Waals surface area contributed by atoms with Gasteiger partial charge in [-0.1, -0.05) is 56.0 Å². The third-order valence-corrected chi connectivity index (χ3v) is 7.89. The summed E-state index contributed by atoms with van der Waals surface area (Å²) in [5.74, 6) is -2.01. The summed E-state index contributed by atoms with van der Waals surface area (Å²) in [4.78, 5) is 50.8. The van der Waals surface area contributed by atoms with Crippen LogP contribution in [0.15, 0.2) is 54.7 Å². The molecule has 2 aromatic rings. The number of hydrogen-bond donors (Lipinski definition) is 1. The molecule has 0 saturated heterocycles. The lowest BCUT2D eigenvalue weighted by molar-refractivity contribution is -0.137. The number of ketones is 2. The molecule has 0 bridgehead atoms. The number of amides is 2. The Kier molecular flexibility index (Phi) is 8.70. The van der Waals surface area contributed by atoms with E-state index in [0.717, 1.165) is 10.5 Å². The van der Waals surface area contributed by atoms with Crippen LogP contribution in [0.25, 0.3) is 0 Å². The largest absolute Gasteiger partial charge is 0.380 e. The number of carbonyl (C=O) groups is 4. The van der Waals surface area contributed by atoms with Gasteiger partial charge in [-0.3, -0.25) is 19.2 Å². The molecule has 3 rings (SSSR count). The standard InChI is InChI=1S/C27H31FN2O5Si/c1-35-17-18-5-8-20(9-6-18)27(29-25(33)16-30-12-11-21(31)15-26(30)34)23(32)14-19-7-10-24(22(28)13-19)36(2,3)4/h5-13,27H,14-17H2,1-4H3,(H,29,33)/t27-/m1/s1. The first kappa shape index (κ1) is 27.2. The lowest BCUT2D eigenvalue weighted by atomic mass is 9.96. The summed E-state index contributed by atoms with van der Waals surface area (Å²) in [6.45, 7) is 6.22. The van der Waals surface area contributed by atoms with Crippen molar-refractivity contribution in [3.8, 4) is 0 Å². The Labute approximate surface area is 211 Å². The van der Waals surface area contributed by atoms with Crippen LogP contribution in [0.2, 0.25) is 19.6 Å². The van der Waals surface area contributed by atoms with Gasteiger partial charge in [0.2, 0.25) is 11.8 Å². The molecule has 36 heavy (non-hydrogen) atoms. The van der Waals surface area contributed by atoms with Crippen LogP contribution in [-0.2, 0) is 36.9 Å². The highest BCUT2D eigenvalue weighted by molar-refractivity contribution is 6.88. The number of benzene rings is 2. The highest BCUT2D eigenvalue weighted by Crippen LogP contribution is 2.19. The second-order valence-corrected chi connectivity index (χ2v) is 14.9. The Hall–Kier alpha value is -3.43. The van der Waals surface area contributed by atoms with E-state index in [1.54, 1.807) is 43.5 Å². The Morgan fingerprint density at radius 1 is 1.08 bits per heavy atom. The van der Waals surface area contributed by atoms with Crippen LogP contribution >= 0.6 is 0 Å². The molecule has 0 saturated carbocycles. The van der Waals surface area contributed by atoms with Gasteiger partial charge in [0.25, 0.3) is 0 Å². The van der Waals surface area contributed by atoms with Crippen molar-refractivity contribution in [3.63, 3.8) is 0 Å². The molecule has 1 atom stereocenters. The molecule has 2 amide bonds. The molecular formula is C27H31FN2O5Si. The molecule has 190 valence electrons. The van der Waals surface area contributed by atoms with E-state index in [1.165, 1.54) is 18.3 Å². The Morgan fingerprint density at radius 2 is 1.75 bits per heavy atom. The zero-order valence-electron chi connectivity index (χ0n) is 21.0. The van der Waals surface area contributed by atoms with E-state index in [-0.39, 0.29) is 36.8 Å². The van der Waals surface area contributed by atoms with Crippen molar-refractivity contribution in [2.45, 2.75) is 45.1 Å². The molecule has 2 aromatic carbocycles. The molecule has 1 heterocycles. The van der Waals surface area contributed by atoms with Gasteiger partial charge in [0.05, 0.1) is 21.1 Å². The van der Waals surface area contributed by atoms with Gasteiger partial charge in [0, 0.05) is 19.7 Å². The minimum atomic E-state index is -1.87. The van der Waals surface area contributed by atoms with E-state index in [4.69, 9.17) is 4.74 Å². The summed E-state index contributed by atoms with van der Waals surface area (Å²) in [5, 5.41) is 3.40. The quantitative estimate of drug-likeness (QED) is 0.392. The number of Topliss-reactive ketones (excluding diaryl/α,β-unsaturated/α-hetero) is 1. The van der Waals surface area contributed by atoms with Gasteiger partial charge < -0.3 is 15.0 Å². The number of methoxy groups -OCH3 is 1. The van der Waals surface area contributed by atoms with Crippen molar-refractivity contribution in [1.82, 2.24) is 10.2 Å². The van der Waals surface area contributed by atoms with Gasteiger partial charge in [0.1, 0.15) is 18.4 Å². The van der Waals surface area contributed by atoms with Crippen LogP contribution in [0.1, 0.15) is 29.2 Å². The van der Waals surface area contributed by atoms with Gasteiger partial charge in [-0.25, -0.2) is 4.39 Å². The molecular weight excluding hydrogens is 479 g/mol. The average molecular weight is 511 g/mol. The molecule has 0 aliphatic carbocycles. The summed E-state index contributed by atoms with van der Waals surface area (Å²) in [5.41, 5.74) is 1.97. The second-order valence-electron chi connectivity index (χ2n) is 9.86. The SMILES string of the molecule is COCc1ccc([C@@H](NC(=O)CN2C=CC(=O)CC2=O)C(=O)Cc2ccc([Si](C)(C)C)c(F)c2)cc1. The molecule has 0 radical (unpaired) electrons. The van der Waals surface area contributed by atoms with Crippen LogP contribution in [0.4, 0.5) is 4.39 Å². The van der Waals surface area contributed by atoms with Gasteiger partial charge in [-0.15, -0.1) is 0 Å². The van der Waals surface area contributed by atoms with Gasteiger partial charge in [-0.05, 0) is 34.0 Å². The van der Waals surface area contributed by atoms with E-state index < -0.39 is 25.9 Å². The Bertz CT molecular complexity index is 1190. The normalized spacial score (nSPS) is 14.6. The summed E-state index contributed by atoms with van der Waals surface area (Å²) in [7, 11) is -0.287. The van der Waals surface area contributed by atoms with Crippen molar-refractivity contribution in [2.24, 2.45) is 0 Å². The number of nitrogens with one attached hydrogen (secondary N) is 1. The fraction of sp³-hybridized carbons (Fsp3) is 0.333. The lowest BCUT2D eigenvalue weighted by Gasteiger charge is -2.23. The number of hydrogen-bond acceptors (Lipinski definition) is 5. The van der Waals surface area contributed by atoms with E-state index in [9.17, 15) is 23.6 Å². The van der Waals surface area contributed by atoms with Crippen LogP contribution < -0.4 is 10.5 Å². The summed E-state index contributed by atoms with van der Waals surface area (Å²) >= 11 is 0. The minimum Gasteiger partial charge on any atom is -0.380 e. The smallest absolute Gasteiger partial charge is 0.240 e. The third kappa shape index (κ3) is 7.05. The highest BCUT2D eigenvalue weighted by atomic mass is 28.3. The van der Waals surface area contributed by atoms with E-state index in [0.29, 0.717) is 22.9 Å². The van der Waals surface area contributed by atoms with Crippen molar-refractivity contribution in [1.29, 1.82) is 0 Å². The molecule has 7 nitrogen and oxygen atoms in total. The van der Waals surface area contributed by atoms with E-state index in [2.05, 4.69) is 5.32 Å².